The van der Waals surface area contributed by atoms with E-state index in [-0.39, 0.29) is 29.7 Å². The minimum atomic E-state index is -0.719. The first-order chi connectivity index (χ1) is 11.1. The summed E-state index contributed by atoms with van der Waals surface area (Å²) >= 11 is 0. The van der Waals surface area contributed by atoms with Crippen LogP contribution in [0, 0.1) is 11.7 Å². The van der Waals surface area contributed by atoms with Crippen LogP contribution >= 0.6 is 0 Å². The highest BCUT2D eigenvalue weighted by Gasteiger charge is 2.39. The van der Waals surface area contributed by atoms with E-state index in [1.807, 2.05) is 0 Å². The van der Waals surface area contributed by atoms with Crippen molar-refractivity contribution < 1.29 is 19.1 Å². The van der Waals surface area contributed by atoms with Gasteiger partial charge in [-0.05, 0) is 18.9 Å². The van der Waals surface area contributed by atoms with Crippen LogP contribution in [0.15, 0.2) is 40.6 Å². The average molecular weight is 316 g/mol. The Morgan fingerprint density at radius 1 is 1.39 bits per heavy atom. The van der Waals surface area contributed by atoms with Crippen molar-refractivity contribution in [2.45, 2.75) is 31.8 Å². The SMILES string of the molecule is O=C(NCc1ccccc1F)C1=C(O)C2C(=O)CCCC2N=C1. The van der Waals surface area contributed by atoms with Crippen LogP contribution in [0.2, 0.25) is 0 Å². The standard InChI is InChI=1S/C17H17FN2O3/c18-12-5-2-1-4-10(12)8-20-17(23)11-9-19-13-6-3-7-14(21)15(13)16(11)22/h1-2,4-5,9,13,15,22H,3,6-8H2,(H,20,23). The number of ketones is 1. The zero-order valence-corrected chi connectivity index (χ0v) is 12.5. The molecule has 1 amide bonds. The molecule has 1 aliphatic heterocycles. The molecular formula is C17H17FN2O3. The number of fused-ring (bicyclic) bond motifs is 1. The van der Waals surface area contributed by atoms with Crippen molar-refractivity contribution >= 4 is 17.9 Å². The van der Waals surface area contributed by atoms with E-state index in [0.29, 0.717) is 12.0 Å². The summed E-state index contributed by atoms with van der Waals surface area (Å²) in [7, 11) is 0. The lowest BCUT2D eigenvalue weighted by molar-refractivity contribution is -0.124. The maximum absolute atomic E-state index is 13.5. The largest absolute Gasteiger partial charge is 0.511 e. The number of nitrogens with one attached hydrogen (secondary N) is 1. The van der Waals surface area contributed by atoms with Crippen LogP contribution in [0.4, 0.5) is 4.39 Å². The zero-order valence-electron chi connectivity index (χ0n) is 12.5. The highest BCUT2D eigenvalue weighted by atomic mass is 19.1. The lowest BCUT2D eigenvalue weighted by Gasteiger charge is -2.30. The number of hydrogen-bond donors (Lipinski definition) is 2. The van der Waals surface area contributed by atoms with Crippen molar-refractivity contribution in [2.24, 2.45) is 10.9 Å². The Balaban J connectivity index is 1.74. The number of dihydropyridines is 1. The van der Waals surface area contributed by atoms with Crippen LogP contribution in [0.25, 0.3) is 0 Å². The summed E-state index contributed by atoms with van der Waals surface area (Å²) in [5.74, 6) is -2.00. The van der Waals surface area contributed by atoms with Crippen molar-refractivity contribution in [3.63, 3.8) is 0 Å². The van der Waals surface area contributed by atoms with Gasteiger partial charge in [-0.3, -0.25) is 14.6 Å². The van der Waals surface area contributed by atoms with Crippen LogP contribution in [-0.2, 0) is 16.1 Å². The van der Waals surface area contributed by atoms with Gasteiger partial charge < -0.3 is 10.4 Å². The van der Waals surface area contributed by atoms with Gasteiger partial charge in [0.2, 0.25) is 0 Å². The van der Waals surface area contributed by atoms with Gasteiger partial charge in [-0.1, -0.05) is 18.2 Å². The van der Waals surface area contributed by atoms with Crippen molar-refractivity contribution in [1.82, 2.24) is 5.32 Å². The number of carbonyl (C=O) groups excluding carboxylic acids is 2. The smallest absolute Gasteiger partial charge is 0.256 e. The number of halogens is 1. The van der Waals surface area contributed by atoms with E-state index in [4.69, 9.17) is 0 Å². The van der Waals surface area contributed by atoms with Gasteiger partial charge in [0.05, 0.1) is 17.5 Å². The Labute approximate surface area is 132 Å². The second-order valence-electron chi connectivity index (χ2n) is 5.75. The molecule has 6 heteroatoms. The number of Topliss-reactive ketones (excluding diaryl/α,β-unsaturated/α-hetero) is 1. The topological polar surface area (TPSA) is 78.8 Å². The molecule has 0 radical (unpaired) electrons. The Bertz CT molecular complexity index is 712. The van der Waals surface area contributed by atoms with E-state index < -0.39 is 17.6 Å². The maximum atomic E-state index is 13.5. The minimum absolute atomic E-state index is 0.00182. The molecule has 0 bridgehead atoms. The van der Waals surface area contributed by atoms with Crippen molar-refractivity contribution in [2.75, 3.05) is 0 Å². The molecule has 2 unspecified atom stereocenters. The lowest BCUT2D eigenvalue weighted by Crippen LogP contribution is -2.38. The number of aliphatic hydroxyl groups excluding tert-OH is 1. The van der Waals surface area contributed by atoms with Gasteiger partial charge >= 0.3 is 0 Å². The maximum Gasteiger partial charge on any atom is 0.256 e. The van der Waals surface area contributed by atoms with Crippen molar-refractivity contribution in [3.8, 4) is 0 Å². The summed E-state index contributed by atoms with van der Waals surface area (Å²) < 4.78 is 13.5. The fraction of sp³-hybridized carbons (Fsp3) is 0.353. The minimum Gasteiger partial charge on any atom is -0.511 e. The summed E-state index contributed by atoms with van der Waals surface area (Å²) in [5.41, 5.74) is 0.332. The molecule has 1 fully saturated rings. The summed E-state index contributed by atoms with van der Waals surface area (Å²) in [6.45, 7) is -0.00182. The Morgan fingerprint density at radius 3 is 2.96 bits per heavy atom. The summed E-state index contributed by atoms with van der Waals surface area (Å²) in [5, 5.41) is 12.8. The number of carbonyl (C=O) groups is 2. The predicted molar refractivity (Wildman–Crippen MR) is 82.5 cm³/mol. The molecular weight excluding hydrogens is 299 g/mol. The molecule has 2 N–H and O–H groups in total. The number of rotatable bonds is 3. The normalized spacial score (nSPS) is 23.6. The first-order valence-corrected chi connectivity index (χ1v) is 7.58. The van der Waals surface area contributed by atoms with Crippen molar-refractivity contribution in [3.05, 3.63) is 47.0 Å². The van der Waals surface area contributed by atoms with E-state index in [9.17, 15) is 19.1 Å². The van der Waals surface area contributed by atoms with Crippen LogP contribution in [-0.4, -0.2) is 29.1 Å². The van der Waals surface area contributed by atoms with Gasteiger partial charge in [0.25, 0.3) is 5.91 Å². The molecule has 0 saturated heterocycles. The highest BCUT2D eigenvalue weighted by molar-refractivity contribution is 6.14. The molecule has 0 aromatic heterocycles. The van der Waals surface area contributed by atoms with E-state index >= 15 is 0 Å². The van der Waals surface area contributed by atoms with Crippen LogP contribution in [0.5, 0.6) is 0 Å². The molecule has 1 aliphatic carbocycles. The summed E-state index contributed by atoms with van der Waals surface area (Å²) in [6.07, 6.45) is 3.18. The number of aliphatic imine (C=N–C) groups is 1. The Kier molecular flexibility index (Phi) is 4.23. The van der Waals surface area contributed by atoms with Gasteiger partial charge in [-0.2, -0.15) is 0 Å². The van der Waals surface area contributed by atoms with Gasteiger partial charge in [0.15, 0.2) is 0 Å². The molecule has 3 rings (SSSR count). The number of amides is 1. The lowest BCUT2D eigenvalue weighted by atomic mass is 9.80. The van der Waals surface area contributed by atoms with E-state index in [2.05, 4.69) is 10.3 Å². The summed E-state index contributed by atoms with van der Waals surface area (Å²) in [4.78, 5) is 28.4. The molecule has 1 aromatic rings. The second kappa shape index (κ2) is 6.32. The molecule has 1 saturated carbocycles. The molecule has 0 spiro atoms. The molecule has 23 heavy (non-hydrogen) atoms. The second-order valence-corrected chi connectivity index (χ2v) is 5.75. The number of aliphatic hydroxyl groups is 1. The predicted octanol–water partition coefficient (Wildman–Crippen LogP) is 2.08. The fourth-order valence-electron chi connectivity index (χ4n) is 3.01. The third-order valence-electron chi connectivity index (χ3n) is 4.26. The highest BCUT2D eigenvalue weighted by Crippen LogP contribution is 2.32. The number of nitrogens with zero attached hydrogens (tertiary/aromatic N) is 1. The molecule has 1 heterocycles. The monoisotopic (exact) mass is 316 g/mol. The van der Waals surface area contributed by atoms with E-state index in [1.54, 1.807) is 18.2 Å². The van der Waals surface area contributed by atoms with Crippen LogP contribution in [0.3, 0.4) is 0 Å². The third kappa shape index (κ3) is 3.02. The molecule has 5 nitrogen and oxygen atoms in total. The van der Waals surface area contributed by atoms with Gasteiger partial charge in [-0.25, -0.2) is 4.39 Å². The van der Waals surface area contributed by atoms with E-state index in [0.717, 1.165) is 12.8 Å². The van der Waals surface area contributed by atoms with Gasteiger partial charge in [0.1, 0.15) is 17.4 Å². The van der Waals surface area contributed by atoms with Gasteiger partial charge in [-0.15, -0.1) is 0 Å². The van der Waals surface area contributed by atoms with Crippen LogP contribution < -0.4 is 5.32 Å². The molecule has 2 aliphatic rings. The van der Waals surface area contributed by atoms with Crippen molar-refractivity contribution in [1.29, 1.82) is 0 Å². The average Bonchev–Trinajstić information content (AvgIpc) is 2.54. The van der Waals surface area contributed by atoms with Crippen LogP contribution in [0.1, 0.15) is 24.8 Å². The molecule has 2 atom stereocenters. The zero-order chi connectivity index (χ0) is 16.4. The quantitative estimate of drug-likeness (QED) is 0.896. The Hall–Kier alpha value is -2.50. The summed E-state index contributed by atoms with van der Waals surface area (Å²) in [6, 6.07) is 5.84. The first-order valence-electron chi connectivity index (χ1n) is 7.58. The fourth-order valence-corrected chi connectivity index (χ4v) is 3.01. The Morgan fingerprint density at radius 2 is 2.17 bits per heavy atom. The van der Waals surface area contributed by atoms with Gasteiger partial charge in [0, 0.05) is 24.7 Å². The molecule has 1 aromatic carbocycles. The number of benzene rings is 1. The third-order valence-corrected chi connectivity index (χ3v) is 4.26. The molecule has 120 valence electrons. The number of hydrogen-bond acceptors (Lipinski definition) is 4. The van der Waals surface area contributed by atoms with E-state index in [1.165, 1.54) is 12.3 Å². The first kappa shape index (κ1) is 15.4.